The zero-order chi connectivity index (χ0) is 12.3. The smallest absolute Gasteiger partial charge is 0.142 e. The van der Waals surface area contributed by atoms with Gasteiger partial charge in [0.25, 0.3) is 0 Å². The first-order chi connectivity index (χ1) is 8.20. The number of benzene rings is 1. The molecule has 0 aliphatic carbocycles. The van der Waals surface area contributed by atoms with Crippen LogP contribution in [-0.4, -0.2) is 12.1 Å². The van der Waals surface area contributed by atoms with Crippen LogP contribution in [0.1, 0.15) is 23.5 Å². The first kappa shape index (κ1) is 11.9. The Balaban J connectivity index is 2.18. The van der Waals surface area contributed by atoms with E-state index in [1.807, 2.05) is 23.7 Å². The van der Waals surface area contributed by atoms with E-state index in [-0.39, 0.29) is 6.04 Å². The molecule has 0 fully saturated rings. The van der Waals surface area contributed by atoms with E-state index in [0.717, 1.165) is 16.4 Å². The number of ether oxygens (including phenoxy) is 1. The van der Waals surface area contributed by atoms with Crippen molar-refractivity contribution in [1.29, 1.82) is 0 Å². The standard InChI is InChI=1S/C13H16N2OS/c1-9-4-5-11(12(8-9)16-3)15-10(2)13-14-6-7-17-13/h4-8,10,15H,1-3H3. The third-order valence-corrected chi connectivity index (χ3v) is 3.51. The summed E-state index contributed by atoms with van der Waals surface area (Å²) >= 11 is 1.65. The molecule has 0 saturated heterocycles. The second-order valence-electron chi connectivity index (χ2n) is 3.94. The molecule has 0 aliphatic heterocycles. The number of hydrogen-bond acceptors (Lipinski definition) is 4. The molecule has 0 saturated carbocycles. The van der Waals surface area contributed by atoms with Gasteiger partial charge in [-0.25, -0.2) is 4.98 Å². The molecular formula is C13H16N2OS. The van der Waals surface area contributed by atoms with Crippen molar-refractivity contribution < 1.29 is 4.74 Å². The monoisotopic (exact) mass is 248 g/mol. The average Bonchev–Trinajstić information content (AvgIpc) is 2.85. The molecule has 0 radical (unpaired) electrons. The van der Waals surface area contributed by atoms with E-state index in [2.05, 4.69) is 30.2 Å². The zero-order valence-electron chi connectivity index (χ0n) is 10.2. The maximum absolute atomic E-state index is 5.36. The van der Waals surface area contributed by atoms with Crippen molar-refractivity contribution in [1.82, 2.24) is 4.98 Å². The van der Waals surface area contributed by atoms with Crippen LogP contribution >= 0.6 is 11.3 Å². The van der Waals surface area contributed by atoms with Crippen LogP contribution in [0.3, 0.4) is 0 Å². The second-order valence-corrected chi connectivity index (χ2v) is 4.87. The van der Waals surface area contributed by atoms with Gasteiger partial charge in [-0.3, -0.25) is 0 Å². The summed E-state index contributed by atoms with van der Waals surface area (Å²) in [7, 11) is 1.69. The van der Waals surface area contributed by atoms with Gasteiger partial charge < -0.3 is 10.1 Å². The summed E-state index contributed by atoms with van der Waals surface area (Å²) in [4.78, 5) is 4.30. The van der Waals surface area contributed by atoms with E-state index in [9.17, 15) is 0 Å². The summed E-state index contributed by atoms with van der Waals surface area (Å²) in [5.41, 5.74) is 2.19. The molecule has 90 valence electrons. The fourth-order valence-electron chi connectivity index (χ4n) is 1.66. The van der Waals surface area contributed by atoms with Crippen molar-refractivity contribution in [2.45, 2.75) is 19.9 Å². The first-order valence-corrected chi connectivity index (χ1v) is 6.39. The molecule has 4 heteroatoms. The molecule has 2 rings (SSSR count). The van der Waals surface area contributed by atoms with Crippen molar-refractivity contribution in [3.05, 3.63) is 40.3 Å². The topological polar surface area (TPSA) is 34.1 Å². The van der Waals surface area contributed by atoms with Crippen LogP contribution in [-0.2, 0) is 0 Å². The van der Waals surface area contributed by atoms with Gasteiger partial charge in [0.1, 0.15) is 10.8 Å². The van der Waals surface area contributed by atoms with Crippen molar-refractivity contribution in [3.63, 3.8) is 0 Å². The lowest BCUT2D eigenvalue weighted by Gasteiger charge is -2.16. The van der Waals surface area contributed by atoms with Crippen LogP contribution in [0.2, 0.25) is 0 Å². The third kappa shape index (κ3) is 2.77. The lowest BCUT2D eigenvalue weighted by Crippen LogP contribution is -2.07. The van der Waals surface area contributed by atoms with Crippen molar-refractivity contribution in [3.8, 4) is 5.75 Å². The van der Waals surface area contributed by atoms with Crippen LogP contribution in [0.15, 0.2) is 29.8 Å². The number of methoxy groups -OCH3 is 1. The summed E-state index contributed by atoms with van der Waals surface area (Å²) in [5.74, 6) is 0.869. The Kier molecular flexibility index (Phi) is 3.64. The zero-order valence-corrected chi connectivity index (χ0v) is 11.0. The molecule has 1 unspecified atom stereocenters. The molecule has 0 bridgehead atoms. The second kappa shape index (κ2) is 5.19. The number of anilines is 1. The maximum atomic E-state index is 5.36. The van der Waals surface area contributed by atoms with Crippen molar-refractivity contribution >= 4 is 17.0 Å². The molecular weight excluding hydrogens is 232 g/mol. The van der Waals surface area contributed by atoms with Crippen LogP contribution < -0.4 is 10.1 Å². The number of aromatic nitrogens is 1. The van der Waals surface area contributed by atoms with Crippen LogP contribution in [0.25, 0.3) is 0 Å². The Bertz CT molecular complexity index is 482. The van der Waals surface area contributed by atoms with Gasteiger partial charge in [0.2, 0.25) is 0 Å². The predicted molar refractivity (Wildman–Crippen MR) is 71.9 cm³/mol. The highest BCUT2D eigenvalue weighted by atomic mass is 32.1. The molecule has 3 nitrogen and oxygen atoms in total. The van der Waals surface area contributed by atoms with Crippen molar-refractivity contribution in [2.75, 3.05) is 12.4 Å². The van der Waals surface area contributed by atoms with Crippen LogP contribution in [0, 0.1) is 6.92 Å². The molecule has 1 aromatic heterocycles. The Morgan fingerprint density at radius 2 is 2.24 bits per heavy atom. The summed E-state index contributed by atoms with van der Waals surface area (Å²) < 4.78 is 5.36. The number of nitrogens with one attached hydrogen (secondary N) is 1. The Morgan fingerprint density at radius 3 is 2.88 bits per heavy atom. The highest BCUT2D eigenvalue weighted by Gasteiger charge is 2.10. The largest absolute Gasteiger partial charge is 0.495 e. The molecule has 1 atom stereocenters. The Morgan fingerprint density at radius 1 is 1.41 bits per heavy atom. The van der Waals surface area contributed by atoms with E-state index in [1.54, 1.807) is 18.4 Å². The number of nitrogens with zero attached hydrogens (tertiary/aromatic N) is 1. The van der Waals surface area contributed by atoms with E-state index in [4.69, 9.17) is 4.74 Å². The number of hydrogen-bond donors (Lipinski definition) is 1. The highest BCUT2D eigenvalue weighted by Crippen LogP contribution is 2.29. The van der Waals surface area contributed by atoms with E-state index >= 15 is 0 Å². The minimum absolute atomic E-state index is 0.187. The fourth-order valence-corrected chi connectivity index (χ4v) is 2.31. The average molecular weight is 248 g/mol. The van der Waals surface area contributed by atoms with Gasteiger partial charge in [0.05, 0.1) is 18.8 Å². The van der Waals surface area contributed by atoms with E-state index < -0.39 is 0 Å². The van der Waals surface area contributed by atoms with Gasteiger partial charge in [0, 0.05) is 11.6 Å². The molecule has 1 N–H and O–H groups in total. The molecule has 17 heavy (non-hydrogen) atoms. The highest BCUT2D eigenvalue weighted by molar-refractivity contribution is 7.09. The molecule has 2 aromatic rings. The van der Waals surface area contributed by atoms with E-state index in [1.165, 1.54) is 5.56 Å². The number of thiazole rings is 1. The normalized spacial score (nSPS) is 12.2. The van der Waals surface area contributed by atoms with Crippen molar-refractivity contribution in [2.24, 2.45) is 0 Å². The molecule has 0 spiro atoms. The lowest BCUT2D eigenvalue weighted by molar-refractivity contribution is 0.416. The maximum Gasteiger partial charge on any atom is 0.142 e. The van der Waals surface area contributed by atoms with Gasteiger partial charge in [-0.15, -0.1) is 11.3 Å². The Labute approximate surface area is 105 Å². The SMILES string of the molecule is COc1cc(C)ccc1NC(C)c1nccs1. The van der Waals surface area contributed by atoms with Gasteiger partial charge >= 0.3 is 0 Å². The number of rotatable bonds is 4. The lowest BCUT2D eigenvalue weighted by atomic mass is 10.2. The molecule has 0 aliphatic rings. The van der Waals surface area contributed by atoms with E-state index in [0.29, 0.717) is 0 Å². The Hall–Kier alpha value is -1.55. The minimum Gasteiger partial charge on any atom is -0.495 e. The van der Waals surface area contributed by atoms with Gasteiger partial charge in [-0.05, 0) is 31.5 Å². The number of aryl methyl sites for hydroxylation is 1. The molecule has 1 heterocycles. The summed E-state index contributed by atoms with van der Waals surface area (Å²) in [5, 5.41) is 6.48. The van der Waals surface area contributed by atoms with Gasteiger partial charge in [-0.1, -0.05) is 6.07 Å². The molecule has 0 amide bonds. The van der Waals surface area contributed by atoms with Gasteiger partial charge in [0.15, 0.2) is 0 Å². The van der Waals surface area contributed by atoms with Crippen LogP contribution in [0.5, 0.6) is 5.75 Å². The summed E-state index contributed by atoms with van der Waals surface area (Å²) in [6.45, 7) is 4.15. The molecule has 1 aromatic carbocycles. The van der Waals surface area contributed by atoms with Gasteiger partial charge in [-0.2, -0.15) is 0 Å². The third-order valence-electron chi connectivity index (χ3n) is 2.55. The summed E-state index contributed by atoms with van der Waals surface area (Å²) in [6, 6.07) is 6.32. The fraction of sp³-hybridized carbons (Fsp3) is 0.308. The minimum atomic E-state index is 0.187. The quantitative estimate of drug-likeness (QED) is 0.897. The summed E-state index contributed by atoms with van der Waals surface area (Å²) in [6.07, 6.45) is 1.82. The van der Waals surface area contributed by atoms with Crippen LogP contribution in [0.4, 0.5) is 5.69 Å². The first-order valence-electron chi connectivity index (χ1n) is 5.51. The predicted octanol–water partition coefficient (Wildman–Crippen LogP) is 3.63.